The number of aryl methyl sites for hydroxylation is 1. The molecule has 2 aromatic rings. The molecule has 0 saturated carbocycles. The van der Waals surface area contributed by atoms with Crippen LogP contribution < -0.4 is 15.4 Å². The minimum atomic E-state index is -0.00926. The van der Waals surface area contributed by atoms with E-state index in [1.165, 1.54) is 11.1 Å². The summed E-state index contributed by atoms with van der Waals surface area (Å²) in [6.45, 7) is 3.49. The van der Waals surface area contributed by atoms with Crippen molar-refractivity contribution in [3.63, 3.8) is 0 Å². The number of benzene rings is 2. The van der Waals surface area contributed by atoms with Crippen LogP contribution in [0, 0.1) is 6.92 Å². The molecule has 0 unspecified atom stereocenters. The average molecular weight is 298 g/mol. The molecule has 4 heteroatoms. The van der Waals surface area contributed by atoms with Crippen LogP contribution in [0.15, 0.2) is 48.5 Å². The van der Waals surface area contributed by atoms with Crippen molar-refractivity contribution >= 4 is 11.6 Å². The zero-order chi connectivity index (χ0) is 15.8. The molecule has 0 heterocycles. The SMILES string of the molecule is COc1cccc(NC(=O)CCNCc2cccc(C)c2)c1. The number of methoxy groups -OCH3 is 1. The summed E-state index contributed by atoms with van der Waals surface area (Å²) in [5, 5.41) is 6.15. The van der Waals surface area contributed by atoms with E-state index in [0.29, 0.717) is 13.0 Å². The number of hydrogen-bond acceptors (Lipinski definition) is 3. The monoisotopic (exact) mass is 298 g/mol. The van der Waals surface area contributed by atoms with Crippen molar-refractivity contribution in [2.24, 2.45) is 0 Å². The van der Waals surface area contributed by atoms with Crippen molar-refractivity contribution in [1.29, 1.82) is 0 Å². The zero-order valence-electron chi connectivity index (χ0n) is 13.1. The van der Waals surface area contributed by atoms with Crippen LogP contribution in [-0.2, 0) is 11.3 Å². The number of carbonyl (C=O) groups excluding carboxylic acids is 1. The van der Waals surface area contributed by atoms with Crippen LogP contribution in [0.3, 0.4) is 0 Å². The van der Waals surface area contributed by atoms with Crippen LogP contribution in [0.25, 0.3) is 0 Å². The van der Waals surface area contributed by atoms with E-state index >= 15 is 0 Å². The van der Waals surface area contributed by atoms with Crippen LogP contribution in [0.4, 0.5) is 5.69 Å². The van der Waals surface area contributed by atoms with Crippen LogP contribution in [0.5, 0.6) is 5.75 Å². The number of ether oxygens (including phenoxy) is 1. The summed E-state index contributed by atoms with van der Waals surface area (Å²) in [5.41, 5.74) is 3.23. The van der Waals surface area contributed by atoms with E-state index in [4.69, 9.17) is 4.74 Å². The lowest BCUT2D eigenvalue weighted by molar-refractivity contribution is -0.116. The first-order valence-corrected chi connectivity index (χ1v) is 7.37. The molecule has 2 rings (SSSR count). The molecule has 0 bridgehead atoms. The zero-order valence-corrected chi connectivity index (χ0v) is 13.1. The lowest BCUT2D eigenvalue weighted by Gasteiger charge is -2.08. The highest BCUT2D eigenvalue weighted by atomic mass is 16.5. The van der Waals surface area contributed by atoms with E-state index < -0.39 is 0 Å². The van der Waals surface area contributed by atoms with E-state index in [9.17, 15) is 4.79 Å². The molecule has 2 N–H and O–H groups in total. The first kappa shape index (κ1) is 16.0. The van der Waals surface area contributed by atoms with Gasteiger partial charge in [0.25, 0.3) is 0 Å². The smallest absolute Gasteiger partial charge is 0.225 e. The Morgan fingerprint density at radius 1 is 1.14 bits per heavy atom. The van der Waals surface area contributed by atoms with Gasteiger partial charge in [-0.15, -0.1) is 0 Å². The summed E-state index contributed by atoms with van der Waals surface area (Å²) in [7, 11) is 1.61. The van der Waals surface area contributed by atoms with Gasteiger partial charge in [-0.3, -0.25) is 4.79 Å². The largest absolute Gasteiger partial charge is 0.497 e. The number of rotatable bonds is 7. The molecule has 2 aromatic carbocycles. The lowest BCUT2D eigenvalue weighted by Crippen LogP contribution is -2.21. The fourth-order valence-corrected chi connectivity index (χ4v) is 2.18. The molecule has 0 aromatic heterocycles. The summed E-state index contributed by atoms with van der Waals surface area (Å²) < 4.78 is 5.13. The highest BCUT2D eigenvalue weighted by Gasteiger charge is 2.03. The third-order valence-electron chi connectivity index (χ3n) is 3.29. The third-order valence-corrected chi connectivity index (χ3v) is 3.29. The van der Waals surface area contributed by atoms with E-state index in [2.05, 4.69) is 35.8 Å². The fraction of sp³-hybridized carbons (Fsp3) is 0.278. The van der Waals surface area contributed by atoms with Gasteiger partial charge in [0.2, 0.25) is 5.91 Å². The Kier molecular flexibility index (Phi) is 5.98. The van der Waals surface area contributed by atoms with Crippen LogP contribution in [0.1, 0.15) is 17.5 Å². The fourth-order valence-electron chi connectivity index (χ4n) is 2.18. The molecule has 0 aliphatic carbocycles. The van der Waals surface area contributed by atoms with Gasteiger partial charge in [-0.2, -0.15) is 0 Å². The van der Waals surface area contributed by atoms with Crippen molar-refractivity contribution in [1.82, 2.24) is 5.32 Å². The second-order valence-corrected chi connectivity index (χ2v) is 5.20. The molecule has 0 aliphatic rings. The maximum Gasteiger partial charge on any atom is 0.225 e. The standard InChI is InChI=1S/C18H22N2O2/c1-14-5-3-6-15(11-14)13-19-10-9-18(21)20-16-7-4-8-17(12-16)22-2/h3-8,11-12,19H,9-10,13H2,1-2H3,(H,20,21). The summed E-state index contributed by atoms with van der Waals surface area (Å²) in [6, 6.07) is 15.7. The van der Waals surface area contributed by atoms with Gasteiger partial charge in [-0.25, -0.2) is 0 Å². The maximum absolute atomic E-state index is 11.9. The second kappa shape index (κ2) is 8.20. The number of nitrogens with one attached hydrogen (secondary N) is 2. The van der Waals surface area contributed by atoms with Crippen LogP contribution in [-0.4, -0.2) is 19.6 Å². The summed E-state index contributed by atoms with van der Waals surface area (Å²) in [4.78, 5) is 11.9. The normalized spacial score (nSPS) is 10.3. The summed E-state index contributed by atoms with van der Waals surface area (Å²) in [6.07, 6.45) is 0.434. The number of anilines is 1. The van der Waals surface area contributed by atoms with Gasteiger partial charge in [0, 0.05) is 31.3 Å². The van der Waals surface area contributed by atoms with Crippen LogP contribution >= 0.6 is 0 Å². The maximum atomic E-state index is 11.9. The molecule has 0 atom stereocenters. The predicted octanol–water partition coefficient (Wildman–Crippen LogP) is 3.12. The van der Waals surface area contributed by atoms with E-state index in [1.54, 1.807) is 13.2 Å². The Balaban J connectivity index is 1.71. The molecule has 4 nitrogen and oxygen atoms in total. The highest BCUT2D eigenvalue weighted by molar-refractivity contribution is 5.90. The quantitative estimate of drug-likeness (QED) is 0.772. The third kappa shape index (κ3) is 5.22. The molecule has 0 spiro atoms. The average Bonchev–Trinajstić information content (AvgIpc) is 2.52. The number of carbonyl (C=O) groups is 1. The van der Waals surface area contributed by atoms with Gasteiger partial charge < -0.3 is 15.4 Å². The Labute approximate surface area is 131 Å². The Hall–Kier alpha value is -2.33. The van der Waals surface area contributed by atoms with Crippen molar-refractivity contribution in [2.75, 3.05) is 19.0 Å². The second-order valence-electron chi connectivity index (χ2n) is 5.20. The summed E-state index contributed by atoms with van der Waals surface area (Å²) >= 11 is 0. The van der Waals surface area contributed by atoms with Gasteiger partial charge in [-0.05, 0) is 24.6 Å². The molecule has 0 radical (unpaired) electrons. The topological polar surface area (TPSA) is 50.4 Å². The van der Waals surface area contributed by atoms with Crippen molar-refractivity contribution in [3.8, 4) is 5.75 Å². The minimum Gasteiger partial charge on any atom is -0.497 e. The number of amides is 1. The van der Waals surface area contributed by atoms with Crippen LogP contribution in [0.2, 0.25) is 0 Å². The molecule has 0 aliphatic heterocycles. The van der Waals surface area contributed by atoms with Crippen molar-refractivity contribution in [2.45, 2.75) is 19.9 Å². The molecule has 116 valence electrons. The molecule has 1 amide bonds. The van der Waals surface area contributed by atoms with Gasteiger partial charge in [0.05, 0.1) is 7.11 Å². The minimum absolute atomic E-state index is 0.00926. The van der Waals surface area contributed by atoms with Gasteiger partial charge in [0.15, 0.2) is 0 Å². The molecule has 0 saturated heterocycles. The van der Waals surface area contributed by atoms with Gasteiger partial charge in [0.1, 0.15) is 5.75 Å². The van der Waals surface area contributed by atoms with Gasteiger partial charge >= 0.3 is 0 Å². The number of hydrogen-bond donors (Lipinski definition) is 2. The Morgan fingerprint density at radius 3 is 2.73 bits per heavy atom. The Morgan fingerprint density at radius 2 is 1.95 bits per heavy atom. The molecular formula is C18H22N2O2. The van der Waals surface area contributed by atoms with Crippen molar-refractivity contribution < 1.29 is 9.53 Å². The Bertz CT molecular complexity index is 626. The molecule has 22 heavy (non-hydrogen) atoms. The van der Waals surface area contributed by atoms with Gasteiger partial charge in [-0.1, -0.05) is 35.9 Å². The van der Waals surface area contributed by atoms with Crippen molar-refractivity contribution in [3.05, 3.63) is 59.7 Å². The molecular weight excluding hydrogens is 276 g/mol. The van der Waals surface area contributed by atoms with E-state index in [0.717, 1.165) is 18.0 Å². The first-order valence-electron chi connectivity index (χ1n) is 7.37. The highest BCUT2D eigenvalue weighted by Crippen LogP contribution is 2.16. The first-order chi connectivity index (χ1) is 10.7. The lowest BCUT2D eigenvalue weighted by atomic mass is 10.1. The van der Waals surface area contributed by atoms with E-state index in [-0.39, 0.29) is 5.91 Å². The molecule has 0 fully saturated rings. The van der Waals surface area contributed by atoms with E-state index in [1.807, 2.05) is 24.3 Å². The summed E-state index contributed by atoms with van der Waals surface area (Å²) in [5.74, 6) is 0.723. The predicted molar refractivity (Wildman–Crippen MR) is 89.1 cm³/mol.